The van der Waals surface area contributed by atoms with E-state index in [1.165, 1.54) is 0 Å². The van der Waals surface area contributed by atoms with Gasteiger partial charge in [0.05, 0.1) is 0 Å². The predicted octanol–water partition coefficient (Wildman–Crippen LogP) is 2.28. The summed E-state index contributed by atoms with van der Waals surface area (Å²) in [6.07, 6.45) is 5.43. The number of urea groups is 1. The molecule has 0 aromatic heterocycles. The molecular weight excluding hydrogens is 316 g/mol. The number of hydrogen-bond donors (Lipinski definition) is 2. The van der Waals surface area contributed by atoms with Gasteiger partial charge in [-0.25, -0.2) is 4.79 Å². The maximum atomic E-state index is 12.7. The maximum absolute atomic E-state index is 12.7. The van der Waals surface area contributed by atoms with Crippen molar-refractivity contribution in [3.05, 3.63) is 29.8 Å². The number of nitrogens with zero attached hydrogens (tertiary/aromatic N) is 2. The lowest BCUT2D eigenvalue weighted by molar-refractivity contribution is 0.0951. The van der Waals surface area contributed by atoms with Crippen molar-refractivity contribution < 1.29 is 9.59 Å². The summed E-state index contributed by atoms with van der Waals surface area (Å²) in [6, 6.07) is 8.29. The Morgan fingerprint density at radius 3 is 2.48 bits per heavy atom. The van der Waals surface area contributed by atoms with Crippen LogP contribution in [0, 0.1) is 0 Å². The molecule has 1 aromatic rings. The molecule has 0 spiro atoms. The van der Waals surface area contributed by atoms with Crippen molar-refractivity contribution in [2.24, 2.45) is 0 Å². The van der Waals surface area contributed by atoms with Crippen LogP contribution in [0.1, 0.15) is 42.5 Å². The van der Waals surface area contributed by atoms with Gasteiger partial charge in [0.15, 0.2) is 0 Å². The Morgan fingerprint density at radius 2 is 1.76 bits per heavy atom. The Labute approximate surface area is 148 Å². The van der Waals surface area contributed by atoms with Crippen LogP contribution in [0.2, 0.25) is 0 Å². The summed E-state index contributed by atoms with van der Waals surface area (Å²) in [5, 5.41) is 5.96. The molecule has 1 saturated carbocycles. The number of anilines is 1. The minimum atomic E-state index is -0.0343. The zero-order valence-electron chi connectivity index (χ0n) is 14.7. The summed E-state index contributed by atoms with van der Waals surface area (Å²) in [5.41, 5.74) is 1.38. The van der Waals surface area contributed by atoms with Gasteiger partial charge in [-0.1, -0.05) is 0 Å². The number of hydrogen-bond acceptors (Lipinski definition) is 3. The normalized spacial score (nSPS) is 26.2. The highest BCUT2D eigenvalue weighted by Gasteiger charge is 2.40. The van der Waals surface area contributed by atoms with Crippen molar-refractivity contribution in [3.63, 3.8) is 0 Å². The van der Waals surface area contributed by atoms with Crippen LogP contribution in [0.3, 0.4) is 0 Å². The number of rotatable bonds is 3. The lowest BCUT2D eigenvalue weighted by Crippen LogP contribution is -2.50. The highest BCUT2D eigenvalue weighted by atomic mass is 16.2. The quantitative estimate of drug-likeness (QED) is 0.886. The average Bonchev–Trinajstić information content (AvgIpc) is 3.30. The van der Waals surface area contributed by atoms with Crippen LogP contribution in [0.4, 0.5) is 10.5 Å². The second kappa shape index (κ2) is 6.67. The maximum Gasteiger partial charge on any atom is 0.322 e. The van der Waals surface area contributed by atoms with E-state index in [9.17, 15) is 9.59 Å². The standard InChI is InChI=1S/C19H26N4O2/c1-22-11-2-3-17-16(22)10-12-23(17)19(25)21-15-6-4-13(5-7-15)18(24)20-14-8-9-14/h4-7,14,16-17H,2-3,8-12H2,1H3,(H,20,24)(H,21,25). The van der Waals surface area contributed by atoms with E-state index >= 15 is 0 Å². The topological polar surface area (TPSA) is 64.7 Å². The Kier molecular flexibility index (Phi) is 4.37. The number of likely N-dealkylation sites (tertiary alicyclic amines) is 2. The molecule has 1 aliphatic carbocycles. The largest absolute Gasteiger partial charge is 0.349 e. The summed E-state index contributed by atoms with van der Waals surface area (Å²) in [6.45, 7) is 1.94. The third kappa shape index (κ3) is 3.49. The van der Waals surface area contributed by atoms with Gasteiger partial charge in [0.25, 0.3) is 5.91 Å². The third-order valence-electron chi connectivity index (χ3n) is 5.66. The number of benzene rings is 1. The molecule has 3 fully saturated rings. The first-order valence-electron chi connectivity index (χ1n) is 9.30. The number of fused-ring (bicyclic) bond motifs is 1. The van der Waals surface area contributed by atoms with E-state index in [1.54, 1.807) is 24.3 Å². The average molecular weight is 342 g/mol. The summed E-state index contributed by atoms with van der Waals surface area (Å²) in [7, 11) is 2.16. The van der Waals surface area contributed by atoms with E-state index in [0.29, 0.717) is 23.7 Å². The number of likely N-dealkylation sites (N-methyl/N-ethyl adjacent to an activating group) is 1. The van der Waals surface area contributed by atoms with Gasteiger partial charge in [0.1, 0.15) is 0 Å². The molecule has 4 rings (SSSR count). The molecule has 0 bridgehead atoms. The lowest BCUT2D eigenvalue weighted by atomic mass is 9.98. The van der Waals surface area contributed by atoms with E-state index in [-0.39, 0.29) is 11.9 Å². The molecule has 2 aliphatic heterocycles. The van der Waals surface area contributed by atoms with Gasteiger partial charge < -0.3 is 20.4 Å². The van der Waals surface area contributed by atoms with Crippen molar-refractivity contribution in [2.45, 2.75) is 50.2 Å². The Hall–Kier alpha value is -2.08. The molecule has 25 heavy (non-hydrogen) atoms. The number of amides is 3. The first kappa shape index (κ1) is 16.4. The minimum absolute atomic E-state index is 0.0296. The van der Waals surface area contributed by atoms with Gasteiger partial charge in [0, 0.05) is 35.9 Å². The molecule has 3 amide bonds. The zero-order valence-corrected chi connectivity index (χ0v) is 14.7. The number of nitrogens with one attached hydrogen (secondary N) is 2. The molecule has 3 aliphatic rings. The van der Waals surface area contributed by atoms with Crippen molar-refractivity contribution in [3.8, 4) is 0 Å². The van der Waals surface area contributed by atoms with E-state index < -0.39 is 0 Å². The Morgan fingerprint density at radius 1 is 1.00 bits per heavy atom. The van der Waals surface area contributed by atoms with Crippen molar-refractivity contribution >= 4 is 17.6 Å². The van der Waals surface area contributed by atoms with Crippen molar-refractivity contribution in [1.29, 1.82) is 0 Å². The van der Waals surface area contributed by atoms with Crippen LogP contribution in [-0.4, -0.2) is 60.0 Å². The van der Waals surface area contributed by atoms with Gasteiger partial charge in [-0.05, 0) is 70.0 Å². The summed E-state index contributed by atoms with van der Waals surface area (Å²) < 4.78 is 0. The smallest absolute Gasteiger partial charge is 0.322 e. The van der Waals surface area contributed by atoms with E-state index in [0.717, 1.165) is 50.9 Å². The third-order valence-corrected chi connectivity index (χ3v) is 5.66. The number of piperidine rings is 1. The van der Waals surface area contributed by atoms with Gasteiger partial charge in [0.2, 0.25) is 0 Å². The van der Waals surface area contributed by atoms with Gasteiger partial charge in [-0.15, -0.1) is 0 Å². The second-order valence-electron chi connectivity index (χ2n) is 7.49. The SMILES string of the molecule is CN1CCCC2C1CCN2C(=O)Nc1ccc(C(=O)NC2CC2)cc1. The molecule has 134 valence electrons. The fourth-order valence-electron chi connectivity index (χ4n) is 4.06. The second-order valence-corrected chi connectivity index (χ2v) is 7.49. The van der Waals surface area contributed by atoms with E-state index in [4.69, 9.17) is 0 Å². The summed E-state index contributed by atoms with van der Waals surface area (Å²) in [5.74, 6) is -0.0343. The first-order valence-corrected chi connectivity index (χ1v) is 9.30. The Bertz CT molecular complexity index is 656. The molecule has 2 unspecified atom stereocenters. The molecule has 6 nitrogen and oxygen atoms in total. The van der Waals surface area contributed by atoms with Crippen molar-refractivity contribution in [2.75, 3.05) is 25.5 Å². The summed E-state index contributed by atoms with van der Waals surface area (Å²) >= 11 is 0. The van der Waals surface area contributed by atoms with Crippen LogP contribution in [0.5, 0.6) is 0 Å². The molecule has 2 atom stereocenters. The van der Waals surface area contributed by atoms with E-state index in [2.05, 4.69) is 22.6 Å². The highest BCUT2D eigenvalue weighted by Crippen LogP contribution is 2.30. The zero-order chi connectivity index (χ0) is 17.4. The molecule has 2 saturated heterocycles. The van der Waals surface area contributed by atoms with Gasteiger partial charge in [-0.3, -0.25) is 4.79 Å². The van der Waals surface area contributed by atoms with E-state index in [1.807, 2.05) is 4.90 Å². The fraction of sp³-hybridized carbons (Fsp3) is 0.579. The molecule has 0 radical (unpaired) electrons. The molecule has 2 heterocycles. The van der Waals surface area contributed by atoms with Crippen LogP contribution >= 0.6 is 0 Å². The van der Waals surface area contributed by atoms with Gasteiger partial charge >= 0.3 is 6.03 Å². The predicted molar refractivity (Wildman–Crippen MR) is 96.7 cm³/mol. The van der Waals surface area contributed by atoms with Crippen LogP contribution in [0.25, 0.3) is 0 Å². The summed E-state index contributed by atoms with van der Waals surface area (Å²) in [4.78, 5) is 29.0. The van der Waals surface area contributed by atoms with Crippen LogP contribution < -0.4 is 10.6 Å². The number of carbonyl (C=O) groups excluding carboxylic acids is 2. The first-order chi connectivity index (χ1) is 12.1. The molecular formula is C19H26N4O2. The Balaban J connectivity index is 1.36. The fourth-order valence-corrected chi connectivity index (χ4v) is 4.06. The van der Waals surface area contributed by atoms with Crippen molar-refractivity contribution in [1.82, 2.24) is 15.1 Å². The molecule has 1 aromatic carbocycles. The number of carbonyl (C=O) groups is 2. The molecule has 2 N–H and O–H groups in total. The van der Waals surface area contributed by atoms with Gasteiger partial charge in [-0.2, -0.15) is 0 Å². The highest BCUT2D eigenvalue weighted by molar-refractivity contribution is 5.96. The molecule has 6 heteroatoms. The van der Waals surface area contributed by atoms with Crippen LogP contribution in [-0.2, 0) is 0 Å². The monoisotopic (exact) mass is 342 g/mol. The van der Waals surface area contributed by atoms with Crippen LogP contribution in [0.15, 0.2) is 24.3 Å². The lowest BCUT2D eigenvalue weighted by Gasteiger charge is -2.37. The minimum Gasteiger partial charge on any atom is -0.349 e.